The minimum Gasteiger partial charge on any atom is -0.483 e. The van der Waals surface area contributed by atoms with E-state index in [0.29, 0.717) is 23.9 Å². The second-order valence-corrected chi connectivity index (χ2v) is 7.85. The molecule has 0 saturated carbocycles. The summed E-state index contributed by atoms with van der Waals surface area (Å²) in [6.45, 7) is 4.39. The van der Waals surface area contributed by atoms with E-state index in [1.807, 2.05) is 66.7 Å². The summed E-state index contributed by atoms with van der Waals surface area (Å²) in [5.41, 5.74) is 0.818. The van der Waals surface area contributed by atoms with Crippen molar-refractivity contribution in [3.05, 3.63) is 72.6 Å². The molecule has 0 unspecified atom stereocenters. The molecule has 7 nitrogen and oxygen atoms in total. The monoisotopic (exact) mass is 427 g/mol. The summed E-state index contributed by atoms with van der Waals surface area (Å²) in [6.07, 6.45) is 0. The van der Waals surface area contributed by atoms with E-state index in [1.54, 1.807) is 0 Å². The Balaban J connectivity index is 1.33. The summed E-state index contributed by atoms with van der Waals surface area (Å²) >= 11 is 0. The highest BCUT2D eigenvalue weighted by molar-refractivity contribution is 6.00. The number of fused-ring (bicyclic) bond motifs is 2. The van der Waals surface area contributed by atoms with Gasteiger partial charge < -0.3 is 15.4 Å². The molecule has 5 rings (SSSR count). The molecule has 1 aliphatic rings. The number of carbonyl (C=O) groups excluding carboxylic acids is 1. The maximum Gasteiger partial charge on any atom is 0.263 e. The Hall–Kier alpha value is -3.55. The van der Waals surface area contributed by atoms with E-state index < -0.39 is 0 Å². The van der Waals surface area contributed by atoms with Gasteiger partial charge in [0.1, 0.15) is 17.4 Å². The highest BCUT2D eigenvalue weighted by Crippen LogP contribution is 2.25. The Morgan fingerprint density at radius 2 is 1.69 bits per heavy atom. The quantitative estimate of drug-likeness (QED) is 0.492. The van der Waals surface area contributed by atoms with Gasteiger partial charge in [-0.05, 0) is 23.6 Å². The van der Waals surface area contributed by atoms with Gasteiger partial charge in [0.2, 0.25) is 0 Å². The number of hydrogen-bond acceptors (Lipinski definition) is 6. The van der Waals surface area contributed by atoms with E-state index in [1.165, 1.54) is 0 Å². The van der Waals surface area contributed by atoms with E-state index in [2.05, 4.69) is 20.5 Å². The van der Waals surface area contributed by atoms with Gasteiger partial charge in [0.15, 0.2) is 6.61 Å². The molecule has 0 radical (unpaired) electrons. The second-order valence-electron chi connectivity index (χ2n) is 7.85. The number of benzene rings is 3. The maximum atomic E-state index is 12.8. The van der Waals surface area contributed by atoms with Crippen molar-refractivity contribution >= 4 is 33.4 Å². The fraction of sp³-hybridized carbons (Fsp3) is 0.240. The number of para-hydroxylation sites is 1. The average Bonchev–Trinajstić information content (AvgIpc) is 2.83. The van der Waals surface area contributed by atoms with Crippen LogP contribution in [0.1, 0.15) is 5.82 Å². The van der Waals surface area contributed by atoms with Gasteiger partial charge in [-0.2, -0.15) is 0 Å². The van der Waals surface area contributed by atoms with Crippen LogP contribution in [0.4, 0.5) is 5.82 Å². The second kappa shape index (κ2) is 9.30. The van der Waals surface area contributed by atoms with Gasteiger partial charge in [0.05, 0.1) is 12.1 Å². The van der Waals surface area contributed by atoms with Crippen molar-refractivity contribution in [2.24, 2.45) is 0 Å². The molecular formula is C25H25N5O2. The van der Waals surface area contributed by atoms with Crippen LogP contribution in [-0.4, -0.2) is 53.6 Å². The van der Waals surface area contributed by atoms with Gasteiger partial charge in [-0.3, -0.25) is 9.69 Å². The lowest BCUT2D eigenvalue weighted by Crippen LogP contribution is -2.43. The number of piperazine rings is 1. The van der Waals surface area contributed by atoms with E-state index in [9.17, 15) is 4.79 Å². The topological polar surface area (TPSA) is 79.4 Å². The van der Waals surface area contributed by atoms with E-state index in [-0.39, 0.29) is 12.5 Å². The molecule has 7 heteroatoms. The standard InChI is InChI=1S/C25H25N5O2/c31-24(17-32-22-11-5-7-18-6-1-2-8-19(18)22)29-25-20-9-3-4-10-21(20)27-23(28-25)16-30-14-12-26-13-15-30/h1-11,26H,12-17H2,(H,27,28,29,31). The van der Waals surface area contributed by atoms with Crippen LogP contribution in [0.15, 0.2) is 66.7 Å². The highest BCUT2D eigenvalue weighted by atomic mass is 16.5. The summed E-state index contributed by atoms with van der Waals surface area (Å²) < 4.78 is 5.85. The molecule has 2 N–H and O–H groups in total. The fourth-order valence-corrected chi connectivity index (χ4v) is 3.99. The zero-order valence-corrected chi connectivity index (χ0v) is 17.8. The third-order valence-electron chi connectivity index (χ3n) is 5.59. The largest absolute Gasteiger partial charge is 0.483 e. The first-order chi connectivity index (χ1) is 15.8. The van der Waals surface area contributed by atoms with Crippen LogP contribution in [0, 0.1) is 0 Å². The average molecular weight is 428 g/mol. The van der Waals surface area contributed by atoms with Crippen LogP contribution < -0.4 is 15.4 Å². The molecule has 2 heterocycles. The molecule has 0 spiro atoms. The third-order valence-corrected chi connectivity index (χ3v) is 5.59. The summed E-state index contributed by atoms with van der Waals surface area (Å²) in [5.74, 6) is 1.66. The molecule has 162 valence electrons. The number of carbonyl (C=O) groups is 1. The molecule has 4 aromatic rings. The van der Waals surface area contributed by atoms with Crippen molar-refractivity contribution in [2.45, 2.75) is 6.54 Å². The van der Waals surface area contributed by atoms with Crippen molar-refractivity contribution < 1.29 is 9.53 Å². The molecule has 32 heavy (non-hydrogen) atoms. The molecule has 0 bridgehead atoms. The van der Waals surface area contributed by atoms with Crippen LogP contribution in [0.25, 0.3) is 21.7 Å². The number of aromatic nitrogens is 2. The molecule has 0 atom stereocenters. The van der Waals surface area contributed by atoms with Crippen molar-refractivity contribution in [3.8, 4) is 5.75 Å². The van der Waals surface area contributed by atoms with Gasteiger partial charge in [0.25, 0.3) is 5.91 Å². The van der Waals surface area contributed by atoms with Crippen molar-refractivity contribution in [2.75, 3.05) is 38.1 Å². The third kappa shape index (κ3) is 4.54. The van der Waals surface area contributed by atoms with E-state index in [4.69, 9.17) is 9.72 Å². The predicted molar refractivity (Wildman–Crippen MR) is 126 cm³/mol. The predicted octanol–water partition coefficient (Wildman–Crippen LogP) is 3.21. The lowest BCUT2D eigenvalue weighted by atomic mass is 10.1. The number of anilines is 1. The number of rotatable bonds is 6. The number of amides is 1. The summed E-state index contributed by atoms with van der Waals surface area (Å²) in [5, 5.41) is 9.16. The minimum absolute atomic E-state index is 0.0978. The molecule has 1 aromatic heterocycles. The van der Waals surface area contributed by atoms with E-state index >= 15 is 0 Å². The van der Waals surface area contributed by atoms with Crippen LogP contribution in [0.2, 0.25) is 0 Å². The van der Waals surface area contributed by atoms with Crippen LogP contribution in [0.3, 0.4) is 0 Å². The number of nitrogens with zero attached hydrogens (tertiary/aromatic N) is 3. The molecule has 1 aliphatic heterocycles. The zero-order chi connectivity index (χ0) is 21.8. The zero-order valence-electron chi connectivity index (χ0n) is 17.8. The number of nitrogens with one attached hydrogen (secondary N) is 2. The van der Waals surface area contributed by atoms with Crippen molar-refractivity contribution in [3.63, 3.8) is 0 Å². The summed E-state index contributed by atoms with van der Waals surface area (Å²) in [6, 6.07) is 21.5. The van der Waals surface area contributed by atoms with Gasteiger partial charge in [-0.25, -0.2) is 9.97 Å². The van der Waals surface area contributed by atoms with Crippen molar-refractivity contribution in [1.82, 2.24) is 20.2 Å². The summed E-state index contributed by atoms with van der Waals surface area (Å²) in [4.78, 5) is 24.5. The van der Waals surface area contributed by atoms with Crippen LogP contribution >= 0.6 is 0 Å². The van der Waals surface area contributed by atoms with Crippen molar-refractivity contribution in [1.29, 1.82) is 0 Å². The fourth-order valence-electron chi connectivity index (χ4n) is 3.99. The molecule has 1 saturated heterocycles. The number of hydrogen-bond donors (Lipinski definition) is 2. The van der Waals surface area contributed by atoms with Crippen LogP contribution in [-0.2, 0) is 11.3 Å². The molecule has 1 amide bonds. The first-order valence-electron chi connectivity index (χ1n) is 10.9. The summed E-state index contributed by atoms with van der Waals surface area (Å²) in [7, 11) is 0. The Bertz CT molecular complexity index is 1250. The smallest absolute Gasteiger partial charge is 0.263 e. The lowest BCUT2D eigenvalue weighted by molar-refractivity contribution is -0.118. The van der Waals surface area contributed by atoms with Gasteiger partial charge in [-0.15, -0.1) is 0 Å². The maximum absolute atomic E-state index is 12.8. The molecule has 0 aliphatic carbocycles. The Morgan fingerprint density at radius 3 is 2.56 bits per heavy atom. The minimum atomic E-state index is -0.255. The lowest BCUT2D eigenvalue weighted by Gasteiger charge is -2.26. The Labute approximate surface area is 186 Å². The Kier molecular flexibility index (Phi) is 5.91. The van der Waals surface area contributed by atoms with Gasteiger partial charge in [-0.1, -0.05) is 48.5 Å². The van der Waals surface area contributed by atoms with Gasteiger partial charge in [0, 0.05) is 37.0 Å². The first kappa shape index (κ1) is 20.4. The number of ether oxygens (including phenoxy) is 1. The Morgan fingerprint density at radius 1 is 0.938 bits per heavy atom. The molecule has 1 fully saturated rings. The van der Waals surface area contributed by atoms with Crippen LogP contribution in [0.5, 0.6) is 5.75 Å². The molecule has 3 aromatic carbocycles. The van der Waals surface area contributed by atoms with Gasteiger partial charge >= 0.3 is 0 Å². The first-order valence-corrected chi connectivity index (χ1v) is 10.9. The molecular weight excluding hydrogens is 402 g/mol. The van der Waals surface area contributed by atoms with E-state index in [0.717, 1.165) is 47.9 Å². The normalized spacial score (nSPS) is 14.5. The SMILES string of the molecule is O=C(COc1cccc2ccccc12)Nc1nc(CN2CCNCC2)nc2ccccc12. The highest BCUT2D eigenvalue weighted by Gasteiger charge is 2.15.